The zero-order valence-corrected chi connectivity index (χ0v) is 16.4. The molecule has 2 N–H and O–H groups in total. The van der Waals surface area contributed by atoms with Crippen molar-refractivity contribution in [3.63, 3.8) is 0 Å². The number of ether oxygens (including phenoxy) is 1. The molecular weight excluding hydrogens is 362 g/mol. The third-order valence-corrected chi connectivity index (χ3v) is 5.34. The Morgan fingerprint density at radius 1 is 1.18 bits per heavy atom. The molecule has 28 heavy (non-hydrogen) atoms. The molecule has 2 amide bonds. The molecule has 2 bridgehead atoms. The van der Waals surface area contributed by atoms with Crippen molar-refractivity contribution in [2.45, 2.75) is 70.2 Å². The van der Waals surface area contributed by atoms with Crippen molar-refractivity contribution in [1.82, 2.24) is 15.2 Å². The maximum atomic E-state index is 12.9. The van der Waals surface area contributed by atoms with Crippen molar-refractivity contribution in [1.29, 1.82) is 0 Å². The van der Waals surface area contributed by atoms with Crippen molar-refractivity contribution in [2.75, 3.05) is 0 Å². The van der Waals surface area contributed by atoms with E-state index in [9.17, 15) is 19.5 Å². The van der Waals surface area contributed by atoms with Crippen molar-refractivity contribution in [3.8, 4) is 0 Å². The third-order valence-electron chi connectivity index (χ3n) is 5.34. The van der Waals surface area contributed by atoms with Gasteiger partial charge in [-0.15, -0.1) is 0 Å². The fraction of sp³-hybridized carbons (Fsp3) is 0.600. The molecule has 8 nitrogen and oxygen atoms in total. The average molecular weight is 389 g/mol. The molecule has 0 saturated carbocycles. The number of carboxylic acids is 1. The van der Waals surface area contributed by atoms with Crippen LogP contribution in [0.3, 0.4) is 0 Å². The normalized spacial score (nSPS) is 25.1. The summed E-state index contributed by atoms with van der Waals surface area (Å²) in [6.07, 6.45) is 5.22. The van der Waals surface area contributed by atoms with Gasteiger partial charge >= 0.3 is 12.1 Å². The number of nitrogens with one attached hydrogen (secondary N) is 1. The van der Waals surface area contributed by atoms with Gasteiger partial charge in [-0.05, 0) is 64.5 Å². The van der Waals surface area contributed by atoms with E-state index in [1.165, 1.54) is 0 Å². The molecule has 0 radical (unpaired) electrons. The predicted octanol–water partition coefficient (Wildman–Crippen LogP) is 2.44. The molecule has 3 atom stereocenters. The van der Waals surface area contributed by atoms with E-state index in [-0.39, 0.29) is 23.9 Å². The molecule has 2 aliphatic heterocycles. The lowest BCUT2D eigenvalue weighted by molar-refractivity contribution is -0.141. The molecule has 2 aliphatic rings. The number of piperidine rings is 1. The van der Waals surface area contributed by atoms with Crippen molar-refractivity contribution in [3.05, 3.63) is 30.1 Å². The molecule has 3 heterocycles. The first-order valence-electron chi connectivity index (χ1n) is 9.60. The summed E-state index contributed by atoms with van der Waals surface area (Å²) in [5, 5.41) is 12.2. The molecule has 2 fully saturated rings. The summed E-state index contributed by atoms with van der Waals surface area (Å²) in [6, 6.07) is 2.31. The first-order valence-corrected chi connectivity index (χ1v) is 9.60. The number of amides is 2. The molecule has 152 valence electrons. The monoisotopic (exact) mass is 389 g/mol. The molecule has 0 aromatic carbocycles. The number of carboxylic acid groups (broad SMARTS) is 1. The molecule has 0 spiro atoms. The lowest BCUT2D eigenvalue weighted by atomic mass is 9.84. The standard InChI is InChI=1S/C20H27N3O5/c1-20(2,3)28-19(27)22-16(18(25)26)13-10-14-4-5-15(11-13)23(14)17(24)12-6-8-21-9-7-12/h6-9,13-16H,4-5,10-11H2,1-3H3,(H,22,27)(H,25,26)/t13?,14?,15?,16-/m0/s1. The minimum atomic E-state index is -1.08. The summed E-state index contributed by atoms with van der Waals surface area (Å²) in [5.74, 6) is -1.37. The van der Waals surface area contributed by atoms with Crippen LogP contribution in [0.2, 0.25) is 0 Å². The number of nitrogens with zero attached hydrogens (tertiary/aromatic N) is 2. The van der Waals surface area contributed by atoms with E-state index in [2.05, 4.69) is 10.3 Å². The second-order valence-corrected chi connectivity index (χ2v) is 8.53. The fourth-order valence-electron chi connectivity index (χ4n) is 4.28. The largest absolute Gasteiger partial charge is 0.480 e. The van der Waals surface area contributed by atoms with Crippen molar-refractivity contribution in [2.24, 2.45) is 5.92 Å². The molecule has 0 aliphatic carbocycles. The average Bonchev–Trinajstić information content (AvgIpc) is 2.87. The maximum absolute atomic E-state index is 12.9. The second kappa shape index (κ2) is 7.77. The quantitative estimate of drug-likeness (QED) is 0.819. The lowest BCUT2D eigenvalue weighted by Gasteiger charge is -2.41. The number of carbonyl (C=O) groups is 3. The highest BCUT2D eigenvalue weighted by molar-refractivity contribution is 5.94. The molecule has 1 aromatic rings. The first-order chi connectivity index (χ1) is 13.2. The van der Waals surface area contributed by atoms with Crippen molar-refractivity contribution < 1.29 is 24.2 Å². The van der Waals surface area contributed by atoms with Crippen LogP contribution in [-0.4, -0.2) is 56.7 Å². The van der Waals surface area contributed by atoms with E-state index in [0.29, 0.717) is 18.4 Å². The van der Waals surface area contributed by atoms with Gasteiger partial charge in [-0.1, -0.05) is 0 Å². The number of carbonyl (C=O) groups excluding carboxylic acids is 2. The summed E-state index contributed by atoms with van der Waals surface area (Å²) in [4.78, 5) is 42.6. The van der Waals surface area contributed by atoms with Gasteiger partial charge in [0.1, 0.15) is 11.6 Å². The van der Waals surface area contributed by atoms with Gasteiger partial charge in [0.05, 0.1) is 0 Å². The van der Waals surface area contributed by atoms with Gasteiger partial charge in [-0.25, -0.2) is 9.59 Å². The van der Waals surface area contributed by atoms with Crippen LogP contribution in [0.5, 0.6) is 0 Å². The summed E-state index contributed by atoms with van der Waals surface area (Å²) in [5.41, 5.74) is -0.112. The molecule has 8 heteroatoms. The molecule has 1 aromatic heterocycles. The number of pyridine rings is 1. The highest BCUT2D eigenvalue weighted by atomic mass is 16.6. The van der Waals surface area contributed by atoms with Crippen LogP contribution in [0.4, 0.5) is 4.79 Å². The van der Waals surface area contributed by atoms with Gasteiger partial charge in [-0.3, -0.25) is 9.78 Å². The van der Waals surface area contributed by atoms with Gasteiger partial charge in [0, 0.05) is 30.0 Å². The van der Waals surface area contributed by atoms with E-state index in [4.69, 9.17) is 4.74 Å². The van der Waals surface area contributed by atoms with Crippen LogP contribution in [0, 0.1) is 5.92 Å². The summed E-state index contributed by atoms with van der Waals surface area (Å²) >= 11 is 0. The Balaban J connectivity index is 1.70. The zero-order chi connectivity index (χ0) is 20.5. The number of hydrogen-bond acceptors (Lipinski definition) is 5. The Morgan fingerprint density at radius 3 is 2.25 bits per heavy atom. The van der Waals surface area contributed by atoms with Crippen LogP contribution in [-0.2, 0) is 9.53 Å². The number of aliphatic carboxylic acids is 1. The van der Waals surface area contributed by atoms with Gasteiger partial charge in [0.25, 0.3) is 5.91 Å². The summed E-state index contributed by atoms with van der Waals surface area (Å²) in [6.45, 7) is 5.18. The molecule has 2 saturated heterocycles. The topological polar surface area (TPSA) is 109 Å². The van der Waals surface area contributed by atoms with Crippen LogP contribution >= 0.6 is 0 Å². The van der Waals surface area contributed by atoms with E-state index < -0.39 is 23.7 Å². The van der Waals surface area contributed by atoms with Crippen LogP contribution < -0.4 is 5.32 Å². The van der Waals surface area contributed by atoms with E-state index in [1.807, 2.05) is 4.90 Å². The number of rotatable bonds is 4. The first kappa shape index (κ1) is 20.1. The lowest BCUT2D eigenvalue weighted by Crippen LogP contribution is -2.54. The highest BCUT2D eigenvalue weighted by Crippen LogP contribution is 2.40. The van der Waals surface area contributed by atoms with E-state index >= 15 is 0 Å². The number of alkyl carbamates (subject to hydrolysis) is 1. The molecular formula is C20H27N3O5. The maximum Gasteiger partial charge on any atom is 0.408 e. The SMILES string of the molecule is CC(C)(C)OC(=O)N[C@H](C(=O)O)C1CC2CCC(C1)N2C(=O)c1ccncc1. The van der Waals surface area contributed by atoms with Gasteiger partial charge < -0.3 is 20.1 Å². The number of hydrogen-bond donors (Lipinski definition) is 2. The van der Waals surface area contributed by atoms with Gasteiger partial charge in [0.2, 0.25) is 0 Å². The Morgan fingerprint density at radius 2 is 1.75 bits per heavy atom. The highest BCUT2D eigenvalue weighted by Gasteiger charge is 2.47. The summed E-state index contributed by atoms with van der Waals surface area (Å²) in [7, 11) is 0. The third kappa shape index (κ3) is 4.43. The predicted molar refractivity (Wildman–Crippen MR) is 101 cm³/mol. The number of fused-ring (bicyclic) bond motifs is 2. The molecule has 3 rings (SSSR count). The smallest absolute Gasteiger partial charge is 0.408 e. The zero-order valence-electron chi connectivity index (χ0n) is 16.4. The van der Waals surface area contributed by atoms with Gasteiger partial charge in [-0.2, -0.15) is 0 Å². The van der Waals surface area contributed by atoms with Crippen LogP contribution in [0.15, 0.2) is 24.5 Å². The van der Waals surface area contributed by atoms with Crippen LogP contribution in [0.1, 0.15) is 56.8 Å². The summed E-state index contributed by atoms with van der Waals surface area (Å²) < 4.78 is 5.21. The Bertz CT molecular complexity index is 732. The Kier molecular flexibility index (Phi) is 5.58. The Labute approximate surface area is 164 Å². The van der Waals surface area contributed by atoms with Crippen molar-refractivity contribution >= 4 is 18.0 Å². The minimum Gasteiger partial charge on any atom is -0.480 e. The van der Waals surface area contributed by atoms with Gasteiger partial charge in [0.15, 0.2) is 0 Å². The fourth-order valence-corrected chi connectivity index (χ4v) is 4.28. The number of aromatic nitrogens is 1. The Hall–Kier alpha value is -2.64. The van der Waals surface area contributed by atoms with Crippen LogP contribution in [0.25, 0.3) is 0 Å². The minimum absolute atomic E-state index is 0.0216. The second-order valence-electron chi connectivity index (χ2n) is 8.53. The van der Waals surface area contributed by atoms with E-state index in [0.717, 1.165) is 12.8 Å². The van der Waals surface area contributed by atoms with E-state index in [1.54, 1.807) is 45.3 Å². The molecule has 2 unspecified atom stereocenters.